The first kappa shape index (κ1) is 32.4. The van der Waals surface area contributed by atoms with Gasteiger partial charge in [0.2, 0.25) is 0 Å². The van der Waals surface area contributed by atoms with Crippen molar-refractivity contribution in [3.8, 4) is 0 Å². The third-order valence-corrected chi connectivity index (χ3v) is 3.55. The molecule has 0 amide bonds. The van der Waals surface area contributed by atoms with Crippen LogP contribution in [0.3, 0.4) is 0 Å². The normalized spacial score (nSPS) is 8.22. The first-order chi connectivity index (χ1) is 11.4. The predicted molar refractivity (Wildman–Crippen MR) is 97.1 cm³/mol. The van der Waals surface area contributed by atoms with Crippen LogP contribution in [0.15, 0.2) is 73.4 Å². The second-order valence-corrected chi connectivity index (χ2v) is 6.04. The molecule has 3 heterocycles. The Morgan fingerprint density at radius 2 is 1.15 bits per heavy atom. The quantitative estimate of drug-likeness (QED) is 0.357. The van der Waals surface area contributed by atoms with Gasteiger partial charge in [0.15, 0.2) is 36.7 Å². The van der Waals surface area contributed by atoms with Crippen molar-refractivity contribution in [2.45, 2.75) is 20.8 Å². The summed E-state index contributed by atoms with van der Waals surface area (Å²) in [5.41, 5.74) is 3.89. The summed E-state index contributed by atoms with van der Waals surface area (Å²) >= 11 is 0. The number of rotatable bonds is 0. The van der Waals surface area contributed by atoms with E-state index >= 15 is 0 Å². The fourth-order valence-corrected chi connectivity index (χ4v) is 1.92. The Balaban J connectivity index is -0.000000303. The molecule has 0 fully saturated rings. The average Bonchev–Trinajstić information content (AvgIpc) is 2.54. The molecule has 0 aliphatic carbocycles. The third-order valence-electron chi connectivity index (χ3n) is 3.55. The maximum Gasteiger partial charge on any atom is 0.177 e. The van der Waals surface area contributed by atoms with Crippen LogP contribution in [0.2, 0.25) is 0 Å². The molecular weight excluding hydrogens is 561 g/mol. The van der Waals surface area contributed by atoms with Crippen molar-refractivity contribution in [3.05, 3.63) is 90.3 Å². The standard InChI is InChI=1S/3C7H10N.3Y/c1-7-3-5-8(2)6-4-7;1-7-4-3-5-8(2)6-7;1-7-5-3-4-6-8(7)2;;;/h3*3-6H,1-2H3;;;/q3*+1;;;. The van der Waals surface area contributed by atoms with E-state index in [4.69, 9.17) is 0 Å². The molecule has 27 heavy (non-hydrogen) atoms. The summed E-state index contributed by atoms with van der Waals surface area (Å²) < 4.78 is 6.14. The first-order valence-electron chi connectivity index (χ1n) is 8.13. The van der Waals surface area contributed by atoms with E-state index in [1.54, 1.807) is 0 Å². The van der Waals surface area contributed by atoms with Gasteiger partial charge in [0.1, 0.15) is 21.1 Å². The molecule has 0 saturated heterocycles. The van der Waals surface area contributed by atoms with Crippen molar-refractivity contribution < 1.29 is 112 Å². The van der Waals surface area contributed by atoms with Gasteiger partial charge in [-0.25, -0.2) is 13.7 Å². The molecule has 0 spiro atoms. The molecule has 0 unspecified atom stereocenters. The number of aryl methyl sites for hydroxylation is 6. The molecule has 135 valence electrons. The molecule has 0 saturated carbocycles. The Labute approximate surface area is 240 Å². The molecule has 6 heteroatoms. The number of nitrogens with zero attached hydrogens (tertiary/aromatic N) is 3. The van der Waals surface area contributed by atoms with Crippen LogP contribution in [0, 0.1) is 20.8 Å². The van der Waals surface area contributed by atoms with Gasteiger partial charge in [-0.3, -0.25) is 0 Å². The molecule has 0 bridgehead atoms. The molecule has 0 aliphatic heterocycles. The molecule has 0 aromatic carbocycles. The van der Waals surface area contributed by atoms with Gasteiger partial charge in [0.05, 0.1) is 0 Å². The van der Waals surface area contributed by atoms with Crippen molar-refractivity contribution >= 4 is 0 Å². The smallest absolute Gasteiger partial charge is 0.177 e. The minimum Gasteiger partial charge on any atom is -0.208 e. The molecule has 3 nitrogen and oxygen atoms in total. The molecule has 3 aromatic heterocycles. The van der Waals surface area contributed by atoms with Gasteiger partial charge >= 0.3 is 0 Å². The van der Waals surface area contributed by atoms with Gasteiger partial charge in [-0.05, 0) is 25.5 Å². The molecule has 0 aliphatic rings. The minimum atomic E-state index is 0. The average molecular weight is 591 g/mol. The van der Waals surface area contributed by atoms with Crippen molar-refractivity contribution in [1.82, 2.24) is 0 Å². The Bertz CT molecular complexity index is 688. The summed E-state index contributed by atoms with van der Waals surface area (Å²) in [5, 5.41) is 0. The van der Waals surface area contributed by atoms with E-state index in [-0.39, 0.29) is 98.1 Å². The van der Waals surface area contributed by atoms with Crippen LogP contribution >= 0.6 is 0 Å². The predicted octanol–water partition coefficient (Wildman–Crippen LogP) is 2.45. The number of pyridine rings is 3. The van der Waals surface area contributed by atoms with E-state index in [0.717, 1.165) is 0 Å². The topological polar surface area (TPSA) is 11.6 Å². The second kappa shape index (κ2) is 18.8. The van der Waals surface area contributed by atoms with Crippen molar-refractivity contribution in [2.24, 2.45) is 21.1 Å². The van der Waals surface area contributed by atoms with E-state index in [9.17, 15) is 0 Å². The minimum absolute atomic E-state index is 0. The monoisotopic (exact) mass is 591 g/mol. The van der Waals surface area contributed by atoms with E-state index in [1.165, 1.54) is 16.8 Å². The van der Waals surface area contributed by atoms with Crippen LogP contribution in [0.5, 0.6) is 0 Å². The first-order valence-corrected chi connectivity index (χ1v) is 8.13. The fourth-order valence-electron chi connectivity index (χ4n) is 1.92. The van der Waals surface area contributed by atoms with Crippen LogP contribution < -0.4 is 13.7 Å². The summed E-state index contributed by atoms with van der Waals surface area (Å²) in [7, 11) is 6.07. The van der Waals surface area contributed by atoms with E-state index in [1.807, 2.05) is 73.3 Å². The Morgan fingerprint density at radius 3 is 1.48 bits per heavy atom. The Morgan fingerprint density at radius 1 is 0.556 bits per heavy atom. The molecule has 3 aromatic rings. The Hall–Kier alpha value is 0.762. The van der Waals surface area contributed by atoms with E-state index in [2.05, 4.69) is 55.8 Å². The maximum absolute atomic E-state index is 2.08. The zero-order chi connectivity index (χ0) is 17.9. The molecule has 0 N–H and O–H groups in total. The zero-order valence-electron chi connectivity index (χ0n) is 17.5. The van der Waals surface area contributed by atoms with E-state index in [0.29, 0.717) is 0 Å². The second-order valence-electron chi connectivity index (χ2n) is 6.04. The molecule has 3 rings (SSSR count). The van der Waals surface area contributed by atoms with Crippen LogP contribution in [-0.2, 0) is 119 Å². The SMILES string of the molecule is Cc1cc[n+](C)cc1.Cc1ccc[n+](C)c1.Cc1cccc[n+]1C.[Y].[Y].[Y]. The molecule has 3 radical (unpaired) electrons. The molecule has 0 atom stereocenters. The third kappa shape index (κ3) is 16.3. The van der Waals surface area contributed by atoms with Gasteiger partial charge in [-0.1, -0.05) is 6.07 Å². The summed E-state index contributed by atoms with van der Waals surface area (Å²) in [6, 6.07) is 14.4. The molecular formula is C21H30N3Y3+3. The largest absolute Gasteiger partial charge is 0.208 e. The van der Waals surface area contributed by atoms with Gasteiger partial charge in [0.25, 0.3) is 0 Å². The van der Waals surface area contributed by atoms with Gasteiger partial charge in [-0.15, -0.1) is 0 Å². The number of hydrogen-bond acceptors (Lipinski definition) is 0. The van der Waals surface area contributed by atoms with Gasteiger partial charge < -0.3 is 0 Å². The van der Waals surface area contributed by atoms with Gasteiger partial charge in [-0.2, -0.15) is 0 Å². The Kier molecular flexibility index (Phi) is 22.5. The zero-order valence-corrected chi connectivity index (χ0v) is 26.0. The summed E-state index contributed by atoms with van der Waals surface area (Å²) in [5.74, 6) is 0. The number of aromatic nitrogens is 3. The van der Waals surface area contributed by atoms with Gasteiger partial charge in [0, 0.05) is 141 Å². The van der Waals surface area contributed by atoms with Crippen LogP contribution in [-0.4, -0.2) is 0 Å². The number of hydrogen-bond donors (Lipinski definition) is 0. The van der Waals surface area contributed by atoms with Crippen molar-refractivity contribution in [3.63, 3.8) is 0 Å². The van der Waals surface area contributed by atoms with E-state index < -0.39 is 0 Å². The van der Waals surface area contributed by atoms with Crippen molar-refractivity contribution in [2.75, 3.05) is 0 Å². The van der Waals surface area contributed by atoms with Crippen LogP contribution in [0.25, 0.3) is 0 Å². The van der Waals surface area contributed by atoms with Crippen molar-refractivity contribution in [1.29, 1.82) is 0 Å². The maximum atomic E-state index is 2.08. The summed E-state index contributed by atoms with van der Waals surface area (Å²) in [6.07, 6.45) is 10.2. The summed E-state index contributed by atoms with van der Waals surface area (Å²) in [6.45, 7) is 6.25. The van der Waals surface area contributed by atoms with Crippen LogP contribution in [0.1, 0.15) is 16.8 Å². The summed E-state index contributed by atoms with van der Waals surface area (Å²) in [4.78, 5) is 0. The fraction of sp³-hybridized carbons (Fsp3) is 0.286. The van der Waals surface area contributed by atoms with Crippen LogP contribution in [0.4, 0.5) is 0 Å².